The average Bonchev–Trinajstić information content (AvgIpc) is 2.60. The monoisotopic (exact) mass is 237 g/mol. The molecule has 0 aliphatic carbocycles. The van der Waals surface area contributed by atoms with Crippen molar-refractivity contribution < 1.29 is 4.74 Å². The Bertz CT molecular complexity index is 410. The summed E-state index contributed by atoms with van der Waals surface area (Å²) in [6.07, 6.45) is 3.29. The summed E-state index contributed by atoms with van der Waals surface area (Å²) in [5.74, 6) is 0.997. The zero-order valence-electron chi connectivity index (χ0n) is 9.50. The second-order valence-corrected chi connectivity index (χ2v) is 5.45. The predicted octanol–water partition coefficient (Wildman–Crippen LogP) is 2.74. The van der Waals surface area contributed by atoms with E-state index in [0.29, 0.717) is 0 Å². The van der Waals surface area contributed by atoms with E-state index in [-0.39, 0.29) is 5.60 Å². The van der Waals surface area contributed by atoms with Crippen molar-refractivity contribution in [3.63, 3.8) is 0 Å². The Balaban J connectivity index is 1.84. The first kappa shape index (κ1) is 10.4. The lowest BCUT2D eigenvalue weighted by molar-refractivity contribution is 0.0271. The van der Waals surface area contributed by atoms with Crippen LogP contribution >= 0.6 is 11.6 Å². The molecule has 1 aromatic rings. The van der Waals surface area contributed by atoms with Crippen molar-refractivity contribution in [3.05, 3.63) is 28.8 Å². The number of halogens is 1. The normalized spacial score (nSPS) is 23.1. The number of piperidine rings is 1. The van der Waals surface area contributed by atoms with E-state index in [2.05, 4.69) is 18.0 Å². The van der Waals surface area contributed by atoms with Gasteiger partial charge in [0, 0.05) is 37.4 Å². The van der Waals surface area contributed by atoms with Gasteiger partial charge in [0.25, 0.3) is 0 Å². The molecule has 0 unspecified atom stereocenters. The van der Waals surface area contributed by atoms with Gasteiger partial charge in [-0.15, -0.1) is 0 Å². The van der Waals surface area contributed by atoms with Crippen molar-refractivity contribution >= 4 is 11.6 Å². The Labute approximate surface area is 101 Å². The molecule has 2 heterocycles. The summed E-state index contributed by atoms with van der Waals surface area (Å²) in [4.78, 5) is 2.37. The highest BCUT2D eigenvalue weighted by atomic mass is 35.5. The zero-order chi connectivity index (χ0) is 11.2. The number of ether oxygens (including phenoxy) is 1. The van der Waals surface area contributed by atoms with Gasteiger partial charge in [-0.3, -0.25) is 0 Å². The van der Waals surface area contributed by atoms with E-state index in [1.54, 1.807) is 0 Å². The van der Waals surface area contributed by atoms with Crippen LogP contribution in [0.3, 0.4) is 0 Å². The molecule has 1 spiro atoms. The van der Waals surface area contributed by atoms with Gasteiger partial charge in [0.1, 0.15) is 11.4 Å². The number of rotatable bonds is 0. The van der Waals surface area contributed by atoms with Gasteiger partial charge in [0.15, 0.2) is 0 Å². The van der Waals surface area contributed by atoms with Crippen LogP contribution in [0.1, 0.15) is 18.4 Å². The SMILES string of the molecule is CN1CCC2(CC1)Cc1ccc(Cl)cc1O2. The standard InChI is InChI=1S/C13H16ClNO/c1-15-6-4-13(5-7-15)9-10-2-3-11(14)8-12(10)16-13/h2-3,8H,4-7,9H2,1H3. The van der Waals surface area contributed by atoms with Crippen LogP contribution in [0.25, 0.3) is 0 Å². The number of nitrogens with zero attached hydrogens (tertiary/aromatic N) is 1. The molecule has 1 saturated heterocycles. The summed E-state index contributed by atoms with van der Waals surface area (Å²) < 4.78 is 6.15. The molecule has 0 N–H and O–H groups in total. The molecule has 2 nitrogen and oxygen atoms in total. The van der Waals surface area contributed by atoms with Gasteiger partial charge < -0.3 is 9.64 Å². The molecule has 0 amide bonds. The number of fused-ring (bicyclic) bond motifs is 1. The zero-order valence-corrected chi connectivity index (χ0v) is 10.3. The van der Waals surface area contributed by atoms with E-state index in [9.17, 15) is 0 Å². The minimum atomic E-state index is 0.0551. The smallest absolute Gasteiger partial charge is 0.124 e. The molecule has 3 heteroatoms. The second kappa shape index (κ2) is 3.64. The van der Waals surface area contributed by atoms with Crippen LogP contribution in [-0.4, -0.2) is 30.6 Å². The van der Waals surface area contributed by atoms with Crippen LogP contribution in [0.2, 0.25) is 5.02 Å². The van der Waals surface area contributed by atoms with Crippen LogP contribution in [0, 0.1) is 0 Å². The average molecular weight is 238 g/mol. The van der Waals surface area contributed by atoms with Crippen molar-refractivity contribution in [1.29, 1.82) is 0 Å². The maximum atomic E-state index is 6.15. The summed E-state index contributed by atoms with van der Waals surface area (Å²) in [5, 5.41) is 0.767. The number of hydrogen-bond donors (Lipinski definition) is 0. The molecule has 2 aliphatic heterocycles. The first-order valence-electron chi connectivity index (χ1n) is 5.83. The molecule has 16 heavy (non-hydrogen) atoms. The lowest BCUT2D eigenvalue weighted by atomic mass is 9.87. The molecule has 2 aliphatic rings. The minimum Gasteiger partial charge on any atom is -0.486 e. The first-order chi connectivity index (χ1) is 7.67. The largest absolute Gasteiger partial charge is 0.486 e. The topological polar surface area (TPSA) is 12.5 Å². The molecule has 1 aromatic carbocycles. The Kier molecular flexibility index (Phi) is 2.37. The molecule has 0 aromatic heterocycles. The third-order valence-corrected chi connectivity index (χ3v) is 4.00. The van der Waals surface area contributed by atoms with Crippen molar-refractivity contribution in [1.82, 2.24) is 4.90 Å². The summed E-state index contributed by atoms with van der Waals surface area (Å²) in [7, 11) is 2.17. The van der Waals surface area contributed by atoms with Crippen molar-refractivity contribution in [2.45, 2.75) is 24.9 Å². The fourth-order valence-corrected chi connectivity index (χ4v) is 2.85. The van der Waals surface area contributed by atoms with Crippen LogP contribution in [-0.2, 0) is 6.42 Å². The molecular formula is C13H16ClNO. The van der Waals surface area contributed by atoms with E-state index < -0.39 is 0 Å². The summed E-state index contributed by atoms with van der Waals surface area (Å²) >= 11 is 5.99. The van der Waals surface area contributed by atoms with Crippen molar-refractivity contribution in [3.8, 4) is 5.75 Å². The van der Waals surface area contributed by atoms with Crippen LogP contribution in [0.15, 0.2) is 18.2 Å². The summed E-state index contributed by atoms with van der Waals surface area (Å²) in [5.41, 5.74) is 1.37. The highest BCUT2D eigenvalue weighted by molar-refractivity contribution is 6.30. The fourth-order valence-electron chi connectivity index (χ4n) is 2.69. The molecule has 1 fully saturated rings. The summed E-state index contributed by atoms with van der Waals surface area (Å²) in [6, 6.07) is 6.01. The van der Waals surface area contributed by atoms with Crippen molar-refractivity contribution in [2.75, 3.05) is 20.1 Å². The number of likely N-dealkylation sites (tertiary alicyclic amines) is 1. The Morgan fingerprint density at radius 2 is 2.06 bits per heavy atom. The number of hydrogen-bond acceptors (Lipinski definition) is 2. The summed E-state index contributed by atoms with van der Waals surface area (Å²) in [6.45, 7) is 2.25. The molecule has 0 bridgehead atoms. The minimum absolute atomic E-state index is 0.0551. The lowest BCUT2D eigenvalue weighted by Gasteiger charge is -2.37. The highest BCUT2D eigenvalue weighted by Crippen LogP contribution is 2.41. The van der Waals surface area contributed by atoms with Gasteiger partial charge in [-0.05, 0) is 24.7 Å². The number of benzene rings is 1. The molecule has 86 valence electrons. The van der Waals surface area contributed by atoms with Crippen LogP contribution in [0.4, 0.5) is 0 Å². The van der Waals surface area contributed by atoms with Crippen molar-refractivity contribution in [2.24, 2.45) is 0 Å². The van der Waals surface area contributed by atoms with E-state index in [0.717, 1.165) is 43.1 Å². The predicted molar refractivity (Wildman–Crippen MR) is 65.2 cm³/mol. The first-order valence-corrected chi connectivity index (χ1v) is 6.21. The molecule has 3 rings (SSSR count). The van der Waals surface area contributed by atoms with Crippen LogP contribution < -0.4 is 4.74 Å². The van der Waals surface area contributed by atoms with Gasteiger partial charge in [-0.2, -0.15) is 0 Å². The van der Waals surface area contributed by atoms with Crippen LogP contribution in [0.5, 0.6) is 5.75 Å². The molecular weight excluding hydrogens is 222 g/mol. The van der Waals surface area contributed by atoms with Gasteiger partial charge in [-0.25, -0.2) is 0 Å². The van der Waals surface area contributed by atoms with E-state index >= 15 is 0 Å². The highest BCUT2D eigenvalue weighted by Gasteiger charge is 2.41. The van der Waals surface area contributed by atoms with Gasteiger partial charge in [0.2, 0.25) is 0 Å². The lowest BCUT2D eigenvalue weighted by Crippen LogP contribution is -2.45. The molecule has 0 radical (unpaired) electrons. The Morgan fingerprint density at radius 3 is 2.81 bits per heavy atom. The Hall–Kier alpha value is -0.730. The third-order valence-electron chi connectivity index (χ3n) is 3.77. The van der Waals surface area contributed by atoms with E-state index in [4.69, 9.17) is 16.3 Å². The quantitative estimate of drug-likeness (QED) is 0.688. The van der Waals surface area contributed by atoms with E-state index in [1.807, 2.05) is 12.1 Å². The van der Waals surface area contributed by atoms with Gasteiger partial charge >= 0.3 is 0 Å². The molecule has 0 saturated carbocycles. The van der Waals surface area contributed by atoms with Gasteiger partial charge in [0.05, 0.1) is 0 Å². The maximum Gasteiger partial charge on any atom is 0.124 e. The molecule has 0 atom stereocenters. The maximum absolute atomic E-state index is 6.15. The second-order valence-electron chi connectivity index (χ2n) is 5.02. The fraction of sp³-hybridized carbons (Fsp3) is 0.538. The Morgan fingerprint density at radius 1 is 1.31 bits per heavy atom. The van der Waals surface area contributed by atoms with Gasteiger partial charge in [-0.1, -0.05) is 17.7 Å². The third kappa shape index (κ3) is 1.70. The van der Waals surface area contributed by atoms with E-state index in [1.165, 1.54) is 5.56 Å².